The predicted octanol–water partition coefficient (Wildman–Crippen LogP) is 8.07. The van der Waals surface area contributed by atoms with Gasteiger partial charge in [-0.05, 0) is 66.5 Å². The molecule has 2 bridgehead atoms. The summed E-state index contributed by atoms with van der Waals surface area (Å²) in [4.78, 5) is 37.1. The number of hydrogen-bond donors (Lipinski definition) is 0. The number of carbonyl (C=O) groups excluding carboxylic acids is 3. The molecule has 2 heterocycles. The fourth-order valence-electron chi connectivity index (χ4n) is 7.35. The lowest BCUT2D eigenvalue weighted by Crippen LogP contribution is -2.51. The van der Waals surface area contributed by atoms with Crippen molar-refractivity contribution in [3.8, 4) is 0 Å². The molecule has 248 valence electrons. The molecule has 0 radical (unpaired) electrons. The molecule has 7 atom stereocenters. The maximum atomic E-state index is 13.3. The number of allylic oxidation sites excluding steroid dienone is 4. The van der Waals surface area contributed by atoms with Crippen molar-refractivity contribution in [1.29, 1.82) is 0 Å². The Kier molecular flexibility index (Phi) is 15.0. The Morgan fingerprint density at radius 2 is 1.66 bits per heavy atom. The van der Waals surface area contributed by atoms with Crippen molar-refractivity contribution in [3.05, 3.63) is 47.6 Å². The van der Waals surface area contributed by atoms with E-state index < -0.39 is 26.5 Å². The molecule has 0 unspecified atom stereocenters. The summed E-state index contributed by atoms with van der Waals surface area (Å²) in [6, 6.07) is 0. The zero-order chi connectivity index (χ0) is 33.2. The quantitative estimate of drug-likeness (QED) is 0.104. The van der Waals surface area contributed by atoms with Crippen LogP contribution in [0.4, 0.5) is 0 Å². The van der Waals surface area contributed by atoms with Crippen molar-refractivity contribution < 1.29 is 33.0 Å². The monoisotopic (exact) mass is 630 g/mol. The molecular formula is C36H58O7Si. The summed E-state index contributed by atoms with van der Waals surface area (Å²) in [5.74, 6) is -0.743. The van der Waals surface area contributed by atoms with Gasteiger partial charge in [0.15, 0.2) is 0 Å². The molecule has 44 heavy (non-hydrogen) atoms. The molecule has 0 aromatic heterocycles. The van der Waals surface area contributed by atoms with Crippen molar-refractivity contribution in [1.82, 2.24) is 0 Å². The summed E-state index contributed by atoms with van der Waals surface area (Å²) >= 11 is 0. The van der Waals surface area contributed by atoms with Crippen LogP contribution < -0.4 is 0 Å². The Hall–Kier alpha value is -2.29. The molecule has 0 N–H and O–H groups in total. The first-order valence-corrected chi connectivity index (χ1v) is 18.6. The third-order valence-corrected chi connectivity index (χ3v) is 15.9. The standard InChI is InChI=1S/C36H58O7Si/c1-23(2)44(24(3)4,25(5)6)43-32-22-33(29(10)36(40-11)28(9)18-19-37)42-34(38)17-13-16-30-20-31(41-35(39)21-30)26(7)14-12-15-27(32)8/h12-15,17-19,23-26,29-33,36H,16,20-22H2,1-11H3/b14-12+,17-13+,27-15+,28-18+/t26-,29+,30-,31-,32+,33+,36+/m1/s1. The summed E-state index contributed by atoms with van der Waals surface area (Å²) in [6.45, 7) is 21.6. The third-order valence-electron chi connectivity index (χ3n) is 9.76. The molecule has 8 heteroatoms. The minimum atomic E-state index is -2.34. The van der Waals surface area contributed by atoms with Crippen LogP contribution in [0.3, 0.4) is 0 Å². The molecule has 1 fully saturated rings. The van der Waals surface area contributed by atoms with Crippen molar-refractivity contribution in [2.75, 3.05) is 7.11 Å². The second-order valence-electron chi connectivity index (χ2n) is 13.8. The molecule has 0 aromatic rings. The minimum absolute atomic E-state index is 0.0466. The van der Waals surface area contributed by atoms with Crippen LogP contribution in [0.1, 0.15) is 94.9 Å². The smallest absolute Gasteiger partial charge is 0.330 e. The molecular weight excluding hydrogens is 572 g/mol. The van der Waals surface area contributed by atoms with Crippen molar-refractivity contribution >= 4 is 26.5 Å². The Morgan fingerprint density at radius 3 is 2.23 bits per heavy atom. The number of aldehydes is 1. The van der Waals surface area contributed by atoms with E-state index in [4.69, 9.17) is 18.6 Å². The largest absolute Gasteiger partial charge is 0.462 e. The van der Waals surface area contributed by atoms with E-state index in [1.807, 2.05) is 26.0 Å². The Balaban J connectivity index is 2.67. The normalized spacial score (nSPS) is 30.3. The molecule has 0 saturated carbocycles. The summed E-state index contributed by atoms with van der Waals surface area (Å²) in [5, 5.41) is 0. The van der Waals surface area contributed by atoms with Gasteiger partial charge in [0.1, 0.15) is 18.5 Å². The van der Waals surface area contributed by atoms with Crippen LogP contribution in [0.25, 0.3) is 0 Å². The van der Waals surface area contributed by atoms with Gasteiger partial charge < -0.3 is 18.6 Å². The topological polar surface area (TPSA) is 88.1 Å². The van der Waals surface area contributed by atoms with Gasteiger partial charge in [-0.3, -0.25) is 9.59 Å². The molecule has 2 aliphatic heterocycles. The molecule has 0 aromatic carbocycles. The van der Waals surface area contributed by atoms with E-state index in [1.54, 1.807) is 7.11 Å². The first-order chi connectivity index (χ1) is 20.7. The number of carbonyl (C=O) groups is 3. The highest BCUT2D eigenvalue weighted by Gasteiger charge is 2.47. The van der Waals surface area contributed by atoms with Gasteiger partial charge in [0, 0.05) is 37.9 Å². The first-order valence-electron chi connectivity index (χ1n) is 16.4. The van der Waals surface area contributed by atoms with Crippen molar-refractivity contribution in [2.24, 2.45) is 17.8 Å². The highest BCUT2D eigenvalue weighted by molar-refractivity contribution is 6.77. The van der Waals surface area contributed by atoms with Crippen LogP contribution in [0.15, 0.2) is 47.6 Å². The lowest BCUT2D eigenvalue weighted by molar-refractivity contribution is -0.158. The molecule has 0 spiro atoms. The number of ether oxygens (including phenoxy) is 3. The van der Waals surface area contributed by atoms with E-state index >= 15 is 0 Å². The van der Waals surface area contributed by atoms with E-state index in [0.717, 1.165) is 23.9 Å². The van der Waals surface area contributed by atoms with E-state index in [2.05, 4.69) is 67.5 Å². The fraction of sp³-hybridized carbons (Fsp3) is 0.694. The third kappa shape index (κ3) is 9.85. The van der Waals surface area contributed by atoms with Crippen LogP contribution >= 0.6 is 0 Å². The van der Waals surface area contributed by atoms with Gasteiger partial charge in [0.05, 0.1) is 12.2 Å². The van der Waals surface area contributed by atoms with Gasteiger partial charge in [-0.1, -0.05) is 79.7 Å². The van der Waals surface area contributed by atoms with Gasteiger partial charge >= 0.3 is 11.9 Å². The number of rotatable bonds is 10. The number of esters is 2. The lowest BCUT2D eigenvalue weighted by atomic mass is 9.86. The summed E-state index contributed by atoms with van der Waals surface area (Å²) in [7, 11) is -0.722. The van der Waals surface area contributed by atoms with E-state index in [1.165, 1.54) is 12.2 Å². The van der Waals surface area contributed by atoms with Gasteiger partial charge in [0.2, 0.25) is 8.32 Å². The van der Waals surface area contributed by atoms with Crippen molar-refractivity contribution in [3.63, 3.8) is 0 Å². The van der Waals surface area contributed by atoms with Gasteiger partial charge in [-0.15, -0.1) is 0 Å². The van der Waals surface area contributed by atoms with Crippen molar-refractivity contribution in [2.45, 2.75) is 136 Å². The lowest BCUT2D eigenvalue weighted by Gasteiger charge is -2.45. The second kappa shape index (κ2) is 17.4. The Bertz CT molecular complexity index is 1060. The average Bonchev–Trinajstić information content (AvgIpc) is 2.93. The molecule has 0 amide bonds. The molecule has 1 saturated heterocycles. The highest BCUT2D eigenvalue weighted by atomic mass is 28.4. The van der Waals surface area contributed by atoms with Crippen LogP contribution in [0.2, 0.25) is 16.6 Å². The maximum Gasteiger partial charge on any atom is 0.330 e. The zero-order valence-electron chi connectivity index (χ0n) is 29.0. The molecule has 2 rings (SSSR count). The Morgan fingerprint density at radius 1 is 1.02 bits per heavy atom. The summed E-state index contributed by atoms with van der Waals surface area (Å²) < 4.78 is 25.2. The van der Waals surface area contributed by atoms with E-state index in [-0.39, 0.29) is 35.9 Å². The van der Waals surface area contributed by atoms with Gasteiger partial charge in [-0.25, -0.2) is 4.79 Å². The number of fused-ring (bicyclic) bond motifs is 2. The van der Waals surface area contributed by atoms with Gasteiger partial charge in [0.25, 0.3) is 0 Å². The molecule has 0 aliphatic carbocycles. The first kappa shape index (κ1) is 37.9. The summed E-state index contributed by atoms with van der Waals surface area (Å²) in [6.07, 6.45) is 12.4. The molecule has 7 nitrogen and oxygen atoms in total. The van der Waals surface area contributed by atoms with Crippen LogP contribution in [0, 0.1) is 17.8 Å². The maximum absolute atomic E-state index is 13.3. The number of methoxy groups -OCH3 is 1. The summed E-state index contributed by atoms with van der Waals surface area (Å²) in [5.41, 5.74) is 2.91. The van der Waals surface area contributed by atoms with E-state index in [0.29, 0.717) is 35.9 Å². The minimum Gasteiger partial charge on any atom is -0.462 e. The Labute approximate surface area is 267 Å². The van der Waals surface area contributed by atoms with Crippen LogP contribution in [-0.2, 0) is 33.0 Å². The van der Waals surface area contributed by atoms with Crippen LogP contribution in [0.5, 0.6) is 0 Å². The SMILES string of the molecule is CO[C@@H](/C(C)=C/C=O)[C@@H](C)[C@@H]1C[C@H](O[Si](C(C)C)(C(C)C)C(C)C)/C(C)=C/C=C/[C@@H](C)[C@H]2C[C@@H](C/C=C/C(=O)O1)CC(=O)O2. The molecule has 2 aliphatic rings. The zero-order valence-corrected chi connectivity index (χ0v) is 30.0. The number of hydrogen-bond acceptors (Lipinski definition) is 7. The average molecular weight is 631 g/mol. The second-order valence-corrected chi connectivity index (χ2v) is 19.2. The fourth-order valence-corrected chi connectivity index (χ4v) is 12.9. The predicted molar refractivity (Wildman–Crippen MR) is 179 cm³/mol. The van der Waals surface area contributed by atoms with E-state index in [9.17, 15) is 14.4 Å². The van der Waals surface area contributed by atoms with Crippen LogP contribution in [-0.4, -0.2) is 58.1 Å². The number of cyclic esters (lactones) is 1. The highest BCUT2D eigenvalue weighted by Crippen LogP contribution is 2.44. The van der Waals surface area contributed by atoms with Gasteiger partial charge in [-0.2, -0.15) is 0 Å².